The molecule has 0 aromatic carbocycles. The fourth-order valence-corrected chi connectivity index (χ4v) is 3.18. The van der Waals surface area contributed by atoms with Gasteiger partial charge in [-0.3, -0.25) is 4.68 Å². The van der Waals surface area contributed by atoms with Crippen LogP contribution in [0.2, 0.25) is 0 Å². The zero-order valence-corrected chi connectivity index (χ0v) is 13.3. The average Bonchev–Trinajstić information content (AvgIpc) is 2.96. The van der Waals surface area contributed by atoms with Crippen LogP contribution < -0.4 is 5.73 Å². The van der Waals surface area contributed by atoms with Crippen molar-refractivity contribution >= 4 is 15.8 Å². The summed E-state index contributed by atoms with van der Waals surface area (Å²) >= 11 is 0. The van der Waals surface area contributed by atoms with Crippen molar-refractivity contribution in [2.75, 3.05) is 12.8 Å². The van der Waals surface area contributed by atoms with Gasteiger partial charge in [-0.05, 0) is 20.8 Å². The van der Waals surface area contributed by atoms with Gasteiger partial charge in [-0.25, -0.2) is 8.42 Å². The van der Waals surface area contributed by atoms with E-state index in [1.165, 1.54) is 22.2 Å². The molecule has 2 N–H and O–H groups in total. The fraction of sp³-hybridized carbons (Fsp3) is 0.500. The highest BCUT2D eigenvalue weighted by molar-refractivity contribution is 7.89. The molecule has 2 aromatic heterocycles. The first-order valence-electron chi connectivity index (χ1n) is 6.48. The lowest BCUT2D eigenvalue weighted by Crippen LogP contribution is -2.27. The Kier molecular flexibility index (Phi) is 4.06. The van der Waals surface area contributed by atoms with Gasteiger partial charge in [0.15, 0.2) is 5.82 Å². The lowest BCUT2D eigenvalue weighted by Gasteiger charge is -2.16. The molecule has 0 aliphatic heterocycles. The van der Waals surface area contributed by atoms with E-state index in [2.05, 4.69) is 10.3 Å². The highest BCUT2D eigenvalue weighted by Gasteiger charge is 2.27. The molecule has 116 valence electrons. The SMILES string of the molecule is CCn1cc(S(=O)(=O)N(C)Cc2c(C)noc2C)c(N)n1. The molecule has 0 aliphatic carbocycles. The Morgan fingerprint density at radius 1 is 1.43 bits per heavy atom. The zero-order valence-electron chi connectivity index (χ0n) is 12.5. The molecule has 8 nitrogen and oxygen atoms in total. The first-order chi connectivity index (χ1) is 9.77. The van der Waals surface area contributed by atoms with Crippen LogP contribution in [0.4, 0.5) is 5.82 Å². The number of anilines is 1. The standard InChI is InChI=1S/C12H19N5O3S/c1-5-17-7-11(12(13)14-17)21(18,19)16(4)6-10-8(2)15-20-9(10)3/h7H,5-6H2,1-4H3,(H2,13,14). The van der Waals surface area contributed by atoms with E-state index in [0.29, 0.717) is 18.0 Å². The maximum atomic E-state index is 12.6. The zero-order chi connectivity index (χ0) is 15.8. The Balaban J connectivity index is 2.32. The normalized spacial score (nSPS) is 12.2. The maximum absolute atomic E-state index is 12.6. The van der Waals surface area contributed by atoms with Crippen molar-refractivity contribution in [1.29, 1.82) is 0 Å². The number of nitrogens with zero attached hydrogens (tertiary/aromatic N) is 4. The molecule has 0 saturated heterocycles. The Bertz CT molecular complexity index is 728. The van der Waals surface area contributed by atoms with Crippen molar-refractivity contribution in [3.05, 3.63) is 23.2 Å². The second-order valence-corrected chi connectivity index (χ2v) is 6.81. The monoisotopic (exact) mass is 313 g/mol. The molecule has 0 fully saturated rings. The Morgan fingerprint density at radius 3 is 2.57 bits per heavy atom. The average molecular weight is 313 g/mol. The van der Waals surface area contributed by atoms with Crippen LogP contribution in [0.5, 0.6) is 0 Å². The van der Waals surface area contributed by atoms with Gasteiger partial charge in [-0.1, -0.05) is 5.16 Å². The molecule has 0 bridgehead atoms. The molecular weight excluding hydrogens is 294 g/mol. The molecular formula is C12H19N5O3S. The summed E-state index contributed by atoms with van der Waals surface area (Å²) in [5, 5.41) is 7.79. The summed E-state index contributed by atoms with van der Waals surface area (Å²) in [6.45, 7) is 6.10. The van der Waals surface area contributed by atoms with Crippen molar-refractivity contribution in [2.24, 2.45) is 0 Å². The summed E-state index contributed by atoms with van der Waals surface area (Å²) in [4.78, 5) is 0.0126. The quantitative estimate of drug-likeness (QED) is 0.879. The molecule has 2 heterocycles. The lowest BCUT2D eigenvalue weighted by molar-refractivity contribution is 0.390. The van der Waals surface area contributed by atoms with Crippen LogP contribution in [-0.2, 0) is 23.1 Å². The maximum Gasteiger partial charge on any atom is 0.248 e. The highest BCUT2D eigenvalue weighted by Crippen LogP contribution is 2.23. The van der Waals surface area contributed by atoms with Crippen LogP contribution in [0, 0.1) is 13.8 Å². The van der Waals surface area contributed by atoms with Crippen LogP contribution >= 0.6 is 0 Å². The smallest absolute Gasteiger partial charge is 0.248 e. The number of nitrogen functional groups attached to an aromatic ring is 1. The van der Waals surface area contributed by atoms with E-state index in [0.717, 1.165) is 5.56 Å². The van der Waals surface area contributed by atoms with Crippen molar-refractivity contribution in [1.82, 2.24) is 19.2 Å². The molecule has 0 spiro atoms. The van der Waals surface area contributed by atoms with Crippen LogP contribution in [0.15, 0.2) is 15.6 Å². The van der Waals surface area contributed by atoms with Gasteiger partial charge in [0.25, 0.3) is 0 Å². The Morgan fingerprint density at radius 2 is 2.10 bits per heavy atom. The highest BCUT2D eigenvalue weighted by atomic mass is 32.2. The minimum absolute atomic E-state index is 0.00228. The van der Waals surface area contributed by atoms with Crippen LogP contribution in [0.25, 0.3) is 0 Å². The van der Waals surface area contributed by atoms with Crippen molar-refractivity contribution in [3.63, 3.8) is 0 Å². The molecule has 0 saturated carbocycles. The second kappa shape index (κ2) is 5.49. The largest absolute Gasteiger partial charge is 0.381 e. The molecule has 0 radical (unpaired) electrons. The number of sulfonamides is 1. The second-order valence-electron chi connectivity index (χ2n) is 4.80. The van der Waals surface area contributed by atoms with Gasteiger partial charge in [0.1, 0.15) is 10.7 Å². The summed E-state index contributed by atoms with van der Waals surface area (Å²) in [6, 6.07) is 0. The summed E-state index contributed by atoms with van der Waals surface area (Å²) in [5.74, 6) is 0.606. The predicted octanol–water partition coefficient (Wildman–Crippen LogP) is 0.911. The number of aryl methyl sites for hydroxylation is 3. The van der Waals surface area contributed by atoms with E-state index in [1.54, 1.807) is 13.8 Å². The number of nitrogens with two attached hydrogens (primary N) is 1. The van der Waals surface area contributed by atoms with Gasteiger partial charge in [0.2, 0.25) is 10.0 Å². The number of aromatic nitrogens is 3. The van der Waals surface area contributed by atoms with Crippen molar-refractivity contribution in [2.45, 2.75) is 38.8 Å². The third-order valence-corrected chi connectivity index (χ3v) is 5.15. The van der Waals surface area contributed by atoms with E-state index >= 15 is 0 Å². The number of hydrogen-bond acceptors (Lipinski definition) is 6. The topological polar surface area (TPSA) is 107 Å². The van der Waals surface area contributed by atoms with E-state index in [-0.39, 0.29) is 17.3 Å². The van der Waals surface area contributed by atoms with Crippen LogP contribution in [0.1, 0.15) is 23.9 Å². The number of rotatable bonds is 5. The van der Waals surface area contributed by atoms with Gasteiger partial charge in [-0.15, -0.1) is 0 Å². The summed E-state index contributed by atoms with van der Waals surface area (Å²) < 4.78 is 32.9. The fourth-order valence-electron chi connectivity index (χ4n) is 1.98. The van der Waals surface area contributed by atoms with E-state index in [9.17, 15) is 8.42 Å². The first-order valence-corrected chi connectivity index (χ1v) is 7.92. The summed E-state index contributed by atoms with van der Waals surface area (Å²) in [6.07, 6.45) is 1.44. The molecule has 0 amide bonds. The third kappa shape index (κ3) is 2.79. The van der Waals surface area contributed by atoms with Crippen LogP contribution in [-0.4, -0.2) is 34.7 Å². The third-order valence-electron chi connectivity index (χ3n) is 3.33. The van der Waals surface area contributed by atoms with Gasteiger partial charge >= 0.3 is 0 Å². The van der Waals surface area contributed by atoms with Gasteiger partial charge in [-0.2, -0.15) is 9.40 Å². The molecule has 0 unspecified atom stereocenters. The Labute approximate surface area is 123 Å². The van der Waals surface area contributed by atoms with E-state index in [4.69, 9.17) is 10.3 Å². The van der Waals surface area contributed by atoms with Crippen LogP contribution in [0.3, 0.4) is 0 Å². The van der Waals surface area contributed by atoms with Gasteiger partial charge < -0.3 is 10.3 Å². The van der Waals surface area contributed by atoms with E-state index in [1.807, 2.05) is 6.92 Å². The molecule has 2 rings (SSSR count). The van der Waals surface area contributed by atoms with Gasteiger partial charge in [0.05, 0.1) is 5.69 Å². The van der Waals surface area contributed by atoms with Gasteiger partial charge in [0, 0.05) is 31.9 Å². The van der Waals surface area contributed by atoms with E-state index < -0.39 is 10.0 Å². The van der Waals surface area contributed by atoms with Crippen molar-refractivity contribution < 1.29 is 12.9 Å². The first kappa shape index (κ1) is 15.5. The van der Waals surface area contributed by atoms with Crippen molar-refractivity contribution in [3.8, 4) is 0 Å². The molecule has 9 heteroatoms. The predicted molar refractivity (Wildman–Crippen MR) is 76.9 cm³/mol. The summed E-state index contributed by atoms with van der Waals surface area (Å²) in [5.41, 5.74) is 7.13. The lowest BCUT2D eigenvalue weighted by atomic mass is 10.2. The Hall–Kier alpha value is -1.87. The molecule has 2 aromatic rings. The molecule has 21 heavy (non-hydrogen) atoms. The minimum atomic E-state index is -3.71. The number of hydrogen-bond donors (Lipinski definition) is 1. The summed E-state index contributed by atoms with van der Waals surface area (Å²) in [7, 11) is -2.22. The molecule has 0 aliphatic rings. The molecule has 0 atom stereocenters. The minimum Gasteiger partial charge on any atom is -0.381 e.